The molecule has 8 heteroatoms. The van der Waals surface area contributed by atoms with Gasteiger partial charge in [-0.2, -0.15) is 5.26 Å². The zero-order valence-corrected chi connectivity index (χ0v) is 15.4. The minimum absolute atomic E-state index is 0.0144. The highest BCUT2D eigenvalue weighted by molar-refractivity contribution is 7.77. The van der Waals surface area contributed by atoms with E-state index in [4.69, 9.17) is 32.5 Å². The molecular weight excluding hydrogens is 383 g/mol. The van der Waals surface area contributed by atoms with Gasteiger partial charge in [-0.1, -0.05) is 41.4 Å². The first kappa shape index (κ1) is 19.7. The fraction of sp³-hybridized carbons (Fsp3) is 0.235. The van der Waals surface area contributed by atoms with Crippen LogP contribution in [0.15, 0.2) is 48.5 Å². The molecule has 2 rings (SSSR count). The molecule has 0 aromatic heterocycles. The molecule has 2 N–H and O–H groups in total. The second-order valence-corrected chi connectivity index (χ2v) is 7.10. The van der Waals surface area contributed by atoms with E-state index in [0.29, 0.717) is 15.8 Å². The molecule has 0 fully saturated rings. The number of nitrogens with zero attached hydrogens (tertiary/aromatic N) is 1. The molecule has 132 valence electrons. The van der Waals surface area contributed by atoms with Gasteiger partial charge in [0.1, 0.15) is 17.8 Å². The van der Waals surface area contributed by atoms with E-state index in [1.165, 1.54) is 0 Å². The van der Waals surface area contributed by atoms with E-state index in [0.717, 1.165) is 5.56 Å². The van der Waals surface area contributed by atoms with Gasteiger partial charge in [-0.25, -0.2) is 8.93 Å². The average molecular weight is 399 g/mol. The Morgan fingerprint density at radius 1 is 1.20 bits per heavy atom. The molecule has 2 unspecified atom stereocenters. The normalized spacial score (nSPS) is 14.3. The Morgan fingerprint density at radius 3 is 2.48 bits per heavy atom. The first-order valence-corrected chi connectivity index (χ1v) is 9.18. The minimum Gasteiger partial charge on any atom is -0.492 e. The second-order valence-electron chi connectivity index (χ2n) is 5.47. The lowest BCUT2D eigenvalue weighted by Crippen LogP contribution is -2.40. The highest BCUT2D eigenvalue weighted by atomic mass is 35.5. The number of ether oxygens (including phenoxy) is 1. The van der Waals surface area contributed by atoms with Gasteiger partial charge in [0.15, 0.2) is 0 Å². The summed E-state index contributed by atoms with van der Waals surface area (Å²) in [5.74, 6) is 0.549. The maximum absolute atomic E-state index is 11.0. The zero-order valence-electron chi connectivity index (χ0n) is 13.1. The van der Waals surface area contributed by atoms with E-state index >= 15 is 0 Å². The van der Waals surface area contributed by atoms with Crippen molar-refractivity contribution in [2.45, 2.75) is 6.42 Å². The van der Waals surface area contributed by atoms with Crippen molar-refractivity contribution < 1.29 is 13.5 Å². The van der Waals surface area contributed by atoms with Crippen LogP contribution in [0.3, 0.4) is 0 Å². The SMILES string of the molecule is N#CC(CNS(=O)O)(COc1ccc(Cl)cc1)Cc1ccccc1Cl. The summed E-state index contributed by atoms with van der Waals surface area (Å²) in [5.41, 5.74) is -0.320. The van der Waals surface area contributed by atoms with Crippen LogP contribution in [0.4, 0.5) is 0 Å². The molecule has 0 amide bonds. The maximum Gasteiger partial charge on any atom is 0.231 e. The molecule has 0 heterocycles. The Morgan fingerprint density at radius 2 is 1.88 bits per heavy atom. The van der Waals surface area contributed by atoms with Crippen LogP contribution in [0.5, 0.6) is 5.75 Å². The predicted molar refractivity (Wildman–Crippen MR) is 98.9 cm³/mol. The summed E-state index contributed by atoms with van der Waals surface area (Å²) in [6.45, 7) is -0.0218. The van der Waals surface area contributed by atoms with Gasteiger partial charge in [0.25, 0.3) is 0 Å². The van der Waals surface area contributed by atoms with E-state index < -0.39 is 16.7 Å². The third-order valence-corrected chi connectivity index (χ3v) is 4.60. The summed E-state index contributed by atoms with van der Waals surface area (Å²) >= 11 is 9.80. The van der Waals surface area contributed by atoms with Gasteiger partial charge in [-0.15, -0.1) is 0 Å². The van der Waals surface area contributed by atoms with Crippen LogP contribution in [-0.2, 0) is 17.7 Å². The molecule has 0 saturated carbocycles. The molecule has 25 heavy (non-hydrogen) atoms. The van der Waals surface area contributed by atoms with Gasteiger partial charge < -0.3 is 4.74 Å². The van der Waals surface area contributed by atoms with Crippen LogP contribution >= 0.6 is 23.2 Å². The van der Waals surface area contributed by atoms with Crippen molar-refractivity contribution >= 4 is 34.5 Å². The molecule has 0 spiro atoms. The van der Waals surface area contributed by atoms with E-state index in [2.05, 4.69) is 10.8 Å². The van der Waals surface area contributed by atoms with Crippen molar-refractivity contribution in [1.82, 2.24) is 4.72 Å². The largest absolute Gasteiger partial charge is 0.492 e. The smallest absolute Gasteiger partial charge is 0.231 e. The second kappa shape index (κ2) is 9.18. The number of hydrogen-bond acceptors (Lipinski definition) is 3. The molecule has 0 saturated heterocycles. The van der Waals surface area contributed by atoms with Crippen molar-refractivity contribution in [3.05, 3.63) is 64.1 Å². The lowest BCUT2D eigenvalue weighted by atomic mass is 9.84. The Balaban J connectivity index is 2.21. The standard InChI is InChI=1S/C17H16Cl2N2O3S/c18-14-5-7-15(8-6-14)24-12-17(10-20,11-21-25(22)23)9-13-3-1-2-4-16(13)19/h1-8,21H,9,11-12H2,(H,22,23). The molecule has 2 aromatic rings. The fourth-order valence-electron chi connectivity index (χ4n) is 2.23. The van der Waals surface area contributed by atoms with Gasteiger partial charge in [-0.3, -0.25) is 4.55 Å². The van der Waals surface area contributed by atoms with Gasteiger partial charge in [0, 0.05) is 16.6 Å². The molecule has 5 nitrogen and oxygen atoms in total. The maximum atomic E-state index is 11.0. The summed E-state index contributed by atoms with van der Waals surface area (Å²) in [7, 11) is 0. The number of benzene rings is 2. The van der Waals surface area contributed by atoms with Crippen LogP contribution in [0, 0.1) is 16.7 Å². The van der Waals surface area contributed by atoms with Crippen LogP contribution in [-0.4, -0.2) is 21.9 Å². The summed E-state index contributed by atoms with van der Waals surface area (Å²) in [6.07, 6.45) is 0.265. The van der Waals surface area contributed by atoms with Crippen molar-refractivity contribution in [2.24, 2.45) is 5.41 Å². The average Bonchev–Trinajstić information content (AvgIpc) is 2.60. The number of hydrogen-bond donors (Lipinski definition) is 2. The third-order valence-electron chi connectivity index (χ3n) is 3.59. The van der Waals surface area contributed by atoms with Crippen molar-refractivity contribution in [2.75, 3.05) is 13.2 Å². The Hall–Kier alpha value is -1.62. The lowest BCUT2D eigenvalue weighted by molar-refractivity contribution is 0.197. The number of nitrogens with one attached hydrogen (secondary N) is 1. The topological polar surface area (TPSA) is 82.4 Å². The van der Waals surface area contributed by atoms with Gasteiger partial charge in [-0.05, 0) is 42.3 Å². The molecule has 0 aliphatic heterocycles. The first-order valence-electron chi connectivity index (χ1n) is 7.31. The number of nitriles is 1. The molecule has 0 aliphatic carbocycles. The highest BCUT2D eigenvalue weighted by Crippen LogP contribution is 2.28. The van der Waals surface area contributed by atoms with E-state index in [9.17, 15) is 9.47 Å². The van der Waals surface area contributed by atoms with E-state index in [-0.39, 0.29) is 19.6 Å². The van der Waals surface area contributed by atoms with Gasteiger partial charge >= 0.3 is 0 Å². The molecule has 0 aliphatic rings. The summed E-state index contributed by atoms with van der Waals surface area (Å²) in [5, 5.41) is 10.9. The molecule has 0 bridgehead atoms. The summed E-state index contributed by atoms with van der Waals surface area (Å²) in [6, 6.07) is 16.1. The Bertz CT molecular complexity index is 780. The van der Waals surface area contributed by atoms with E-state index in [1.54, 1.807) is 36.4 Å². The molecule has 2 atom stereocenters. The minimum atomic E-state index is -2.24. The van der Waals surface area contributed by atoms with Crippen LogP contribution in [0.25, 0.3) is 0 Å². The van der Waals surface area contributed by atoms with Crippen molar-refractivity contribution in [3.63, 3.8) is 0 Å². The zero-order chi connectivity index (χ0) is 18.3. The Kier molecular flexibility index (Phi) is 7.24. The number of halogens is 2. The van der Waals surface area contributed by atoms with Gasteiger partial charge in [0.2, 0.25) is 11.3 Å². The van der Waals surface area contributed by atoms with Crippen LogP contribution < -0.4 is 9.46 Å². The highest BCUT2D eigenvalue weighted by Gasteiger charge is 2.33. The third kappa shape index (κ3) is 5.99. The predicted octanol–water partition coefficient (Wildman–Crippen LogP) is 3.85. The van der Waals surface area contributed by atoms with Crippen LogP contribution in [0.1, 0.15) is 5.56 Å². The summed E-state index contributed by atoms with van der Waals surface area (Å²) in [4.78, 5) is 0. The summed E-state index contributed by atoms with van der Waals surface area (Å²) < 4.78 is 28.1. The lowest BCUT2D eigenvalue weighted by Gasteiger charge is -2.27. The monoisotopic (exact) mass is 398 g/mol. The van der Waals surface area contributed by atoms with Gasteiger partial charge in [0.05, 0.1) is 6.07 Å². The van der Waals surface area contributed by atoms with Crippen molar-refractivity contribution in [1.29, 1.82) is 5.26 Å². The molecule has 0 radical (unpaired) electrons. The van der Waals surface area contributed by atoms with E-state index in [1.807, 2.05) is 12.1 Å². The quantitative estimate of drug-likeness (QED) is 0.661. The molecular formula is C17H16Cl2N2O3S. The molecule has 2 aromatic carbocycles. The van der Waals surface area contributed by atoms with Crippen LogP contribution in [0.2, 0.25) is 10.0 Å². The first-order chi connectivity index (χ1) is 11.9. The number of rotatable bonds is 8. The fourth-order valence-corrected chi connectivity index (χ4v) is 2.96. The Labute approximate surface area is 158 Å². The van der Waals surface area contributed by atoms with Crippen molar-refractivity contribution in [3.8, 4) is 11.8 Å².